The molecule has 4 rings (SSSR count). The maximum Gasteiger partial charge on any atom is 0.137 e. The Morgan fingerprint density at radius 3 is 2.60 bits per heavy atom. The molecule has 1 aliphatic carbocycles. The number of nitrogens with zero attached hydrogens (tertiary/aromatic N) is 2. The van der Waals surface area contributed by atoms with Crippen LogP contribution in [0.5, 0.6) is 5.75 Å². The summed E-state index contributed by atoms with van der Waals surface area (Å²) in [6.07, 6.45) is 5.18. The fourth-order valence-corrected chi connectivity index (χ4v) is 5.06. The number of hydrogen-bond acceptors (Lipinski definition) is 5. The number of benzene rings is 1. The summed E-state index contributed by atoms with van der Waals surface area (Å²) in [5, 5.41) is 17.0. The topological polar surface area (TPSA) is 91.1 Å². The van der Waals surface area contributed by atoms with Crippen LogP contribution >= 0.6 is 0 Å². The number of aromatic nitrogens is 1. The zero-order valence-corrected chi connectivity index (χ0v) is 18.2. The van der Waals surface area contributed by atoms with Crippen molar-refractivity contribution in [3.8, 4) is 5.75 Å². The summed E-state index contributed by atoms with van der Waals surface area (Å²) in [6.45, 7) is 5.59. The van der Waals surface area contributed by atoms with Crippen LogP contribution in [-0.4, -0.2) is 34.9 Å². The van der Waals surface area contributed by atoms with Crippen molar-refractivity contribution in [3.05, 3.63) is 59.2 Å². The summed E-state index contributed by atoms with van der Waals surface area (Å²) in [4.78, 5) is 2.33. The Morgan fingerprint density at radius 2 is 1.90 bits per heavy atom. The molecule has 1 fully saturated rings. The third-order valence-corrected chi connectivity index (χ3v) is 6.49. The summed E-state index contributed by atoms with van der Waals surface area (Å²) in [7, 11) is 2.13. The summed E-state index contributed by atoms with van der Waals surface area (Å²) < 4.78 is 7.98. The number of nitrogens with two attached hydrogens (primary N) is 1. The van der Waals surface area contributed by atoms with Gasteiger partial charge in [-0.05, 0) is 55.0 Å². The van der Waals surface area contributed by atoms with E-state index < -0.39 is 0 Å². The van der Waals surface area contributed by atoms with Gasteiger partial charge in [0.15, 0.2) is 0 Å². The van der Waals surface area contributed by atoms with Crippen molar-refractivity contribution in [2.24, 2.45) is 11.1 Å². The van der Waals surface area contributed by atoms with Crippen LogP contribution in [0.2, 0.25) is 0 Å². The van der Waals surface area contributed by atoms with Gasteiger partial charge in [0, 0.05) is 25.0 Å². The van der Waals surface area contributed by atoms with Gasteiger partial charge in [0.05, 0.1) is 6.20 Å². The van der Waals surface area contributed by atoms with Gasteiger partial charge >= 0.3 is 0 Å². The van der Waals surface area contributed by atoms with Gasteiger partial charge in [-0.15, -0.1) is 0 Å². The lowest BCUT2D eigenvalue weighted by molar-refractivity contribution is 0.176. The SMILES string of the molecule is CN1CC(C)(C)CC1CC(=N)n1cc(OC2CCC(N)c3ccccc32)ccc1=N. The monoisotopic (exact) mass is 407 g/mol. The van der Waals surface area contributed by atoms with Crippen LogP contribution < -0.4 is 16.0 Å². The smallest absolute Gasteiger partial charge is 0.137 e. The van der Waals surface area contributed by atoms with Gasteiger partial charge in [-0.2, -0.15) is 0 Å². The molecule has 0 amide bonds. The minimum Gasteiger partial charge on any atom is -0.484 e. The van der Waals surface area contributed by atoms with Crippen LogP contribution in [0, 0.1) is 16.2 Å². The number of hydrogen-bond donors (Lipinski definition) is 3. The number of nitrogens with one attached hydrogen (secondary N) is 2. The highest BCUT2D eigenvalue weighted by Crippen LogP contribution is 2.37. The molecule has 2 aromatic rings. The van der Waals surface area contributed by atoms with Gasteiger partial charge < -0.3 is 15.4 Å². The van der Waals surface area contributed by atoms with E-state index in [9.17, 15) is 0 Å². The normalized spacial score (nSPS) is 25.7. The molecule has 0 saturated carbocycles. The Balaban J connectivity index is 1.52. The molecule has 1 aliphatic heterocycles. The van der Waals surface area contributed by atoms with Crippen molar-refractivity contribution in [1.82, 2.24) is 9.47 Å². The number of pyridine rings is 1. The fraction of sp³-hybridized carbons (Fsp3) is 0.500. The van der Waals surface area contributed by atoms with Crippen LogP contribution in [0.15, 0.2) is 42.6 Å². The van der Waals surface area contributed by atoms with Gasteiger partial charge in [-0.3, -0.25) is 15.4 Å². The first-order valence-corrected chi connectivity index (χ1v) is 10.8. The lowest BCUT2D eigenvalue weighted by Gasteiger charge is -2.30. The van der Waals surface area contributed by atoms with E-state index in [0.717, 1.165) is 36.9 Å². The van der Waals surface area contributed by atoms with Crippen molar-refractivity contribution in [2.75, 3.05) is 13.6 Å². The van der Waals surface area contributed by atoms with Gasteiger partial charge in [-0.1, -0.05) is 38.1 Å². The highest BCUT2D eigenvalue weighted by atomic mass is 16.5. The Hall–Kier alpha value is -2.44. The van der Waals surface area contributed by atoms with Crippen molar-refractivity contribution < 1.29 is 4.74 Å². The number of fused-ring (bicyclic) bond motifs is 1. The second-order valence-electron chi connectivity index (χ2n) is 9.63. The minimum atomic E-state index is -0.0537. The molecule has 1 aromatic heterocycles. The van der Waals surface area contributed by atoms with Crippen LogP contribution in [0.4, 0.5) is 0 Å². The molecule has 3 unspecified atom stereocenters. The van der Waals surface area contributed by atoms with Gasteiger partial charge in [0.2, 0.25) is 0 Å². The van der Waals surface area contributed by atoms with Gasteiger partial charge in [0.25, 0.3) is 0 Å². The quantitative estimate of drug-likeness (QED) is 0.531. The molecule has 6 heteroatoms. The molecule has 160 valence electrons. The van der Waals surface area contributed by atoms with Crippen molar-refractivity contribution in [2.45, 2.75) is 57.7 Å². The molecule has 0 spiro atoms. The first kappa shape index (κ1) is 20.8. The van der Waals surface area contributed by atoms with E-state index in [1.807, 2.05) is 18.2 Å². The predicted molar refractivity (Wildman–Crippen MR) is 119 cm³/mol. The molecule has 0 bridgehead atoms. The number of rotatable bonds is 4. The first-order chi connectivity index (χ1) is 14.2. The standard InChI is InChI=1S/C24H33N5O/c1-24(2)13-16(28(3)15-24)12-23(27)29-14-17(8-11-22(29)26)30-21-10-9-20(25)18-6-4-5-7-19(18)21/h4-8,11,14,16,20-21,26-27H,9-10,12-13,15,25H2,1-3H3. The van der Waals surface area contributed by atoms with E-state index >= 15 is 0 Å². The zero-order chi connectivity index (χ0) is 21.5. The van der Waals surface area contributed by atoms with E-state index in [2.05, 4.69) is 37.9 Å². The predicted octanol–water partition coefficient (Wildman–Crippen LogP) is 3.83. The maximum atomic E-state index is 8.66. The lowest BCUT2D eigenvalue weighted by Crippen LogP contribution is -2.33. The molecular formula is C24H33N5O. The van der Waals surface area contributed by atoms with Gasteiger partial charge in [-0.25, -0.2) is 0 Å². The summed E-state index contributed by atoms with van der Waals surface area (Å²) >= 11 is 0. The summed E-state index contributed by atoms with van der Waals surface area (Å²) in [6, 6.07) is 12.1. The minimum absolute atomic E-state index is 0.0537. The van der Waals surface area contributed by atoms with Crippen LogP contribution in [-0.2, 0) is 0 Å². The molecular weight excluding hydrogens is 374 g/mol. The van der Waals surface area contributed by atoms with Crippen molar-refractivity contribution >= 4 is 5.84 Å². The van der Waals surface area contributed by atoms with Crippen molar-refractivity contribution in [1.29, 1.82) is 10.8 Å². The maximum absolute atomic E-state index is 8.66. The van der Waals surface area contributed by atoms with E-state index in [1.54, 1.807) is 16.8 Å². The first-order valence-electron chi connectivity index (χ1n) is 10.8. The average molecular weight is 408 g/mol. The van der Waals surface area contributed by atoms with E-state index in [0.29, 0.717) is 29.5 Å². The van der Waals surface area contributed by atoms with Crippen LogP contribution in [0.25, 0.3) is 0 Å². The van der Waals surface area contributed by atoms with E-state index in [1.165, 1.54) is 0 Å². The van der Waals surface area contributed by atoms with E-state index in [-0.39, 0.29) is 17.6 Å². The third kappa shape index (κ3) is 4.20. The summed E-state index contributed by atoms with van der Waals surface area (Å²) in [5.41, 5.74) is 9.15. The molecule has 30 heavy (non-hydrogen) atoms. The highest BCUT2D eigenvalue weighted by molar-refractivity contribution is 5.82. The number of likely N-dealkylation sites (tertiary alicyclic amines) is 1. The van der Waals surface area contributed by atoms with Gasteiger partial charge in [0.1, 0.15) is 23.2 Å². The zero-order valence-electron chi connectivity index (χ0n) is 18.2. The van der Waals surface area contributed by atoms with Crippen molar-refractivity contribution in [3.63, 3.8) is 0 Å². The highest BCUT2D eigenvalue weighted by Gasteiger charge is 2.35. The Labute approximate surface area is 178 Å². The third-order valence-electron chi connectivity index (χ3n) is 6.49. The van der Waals surface area contributed by atoms with Crippen LogP contribution in [0.3, 0.4) is 0 Å². The molecule has 4 N–H and O–H groups in total. The molecule has 2 aliphatic rings. The largest absolute Gasteiger partial charge is 0.484 e. The molecule has 1 aromatic carbocycles. The molecule has 2 heterocycles. The Morgan fingerprint density at radius 1 is 1.17 bits per heavy atom. The summed E-state index contributed by atoms with van der Waals surface area (Å²) in [5.74, 6) is 1.12. The molecule has 3 atom stereocenters. The molecule has 0 radical (unpaired) electrons. The average Bonchev–Trinajstić information content (AvgIpc) is 2.96. The van der Waals surface area contributed by atoms with Crippen LogP contribution in [0.1, 0.15) is 62.8 Å². The number of ether oxygens (including phenoxy) is 1. The second kappa shape index (κ2) is 8.00. The Bertz CT molecular complexity index is 995. The lowest BCUT2D eigenvalue weighted by atomic mass is 9.86. The second-order valence-corrected chi connectivity index (χ2v) is 9.63. The Kier molecular flexibility index (Phi) is 5.55. The molecule has 1 saturated heterocycles. The molecule has 6 nitrogen and oxygen atoms in total. The fourth-order valence-electron chi connectivity index (χ4n) is 5.06. The van der Waals surface area contributed by atoms with E-state index in [4.69, 9.17) is 21.3 Å².